The highest BCUT2D eigenvalue weighted by Crippen LogP contribution is 2.35. The van der Waals surface area contributed by atoms with E-state index in [1.54, 1.807) is 23.1 Å². The van der Waals surface area contributed by atoms with Crippen LogP contribution >= 0.6 is 23.2 Å². The molecule has 1 unspecified atom stereocenters. The van der Waals surface area contributed by atoms with Crippen LogP contribution in [-0.2, 0) is 0 Å². The molecule has 1 amide bonds. The number of nitrogens with one attached hydrogen (secondary N) is 1. The number of nitrogens with zero attached hydrogens (tertiary/aromatic N) is 6. The number of anilines is 3. The highest BCUT2D eigenvalue weighted by atomic mass is 35.5. The molecule has 1 saturated heterocycles. The third-order valence-corrected chi connectivity index (χ3v) is 6.43. The van der Waals surface area contributed by atoms with Crippen molar-refractivity contribution in [1.82, 2.24) is 20.5 Å². The highest BCUT2D eigenvalue weighted by molar-refractivity contribution is 6.36. The second-order valence-electron chi connectivity index (χ2n) is 8.19. The minimum Gasteiger partial charge on any atom is -0.380 e. The fourth-order valence-corrected chi connectivity index (χ4v) is 4.64. The van der Waals surface area contributed by atoms with Crippen LogP contribution in [0.15, 0.2) is 34.0 Å². The van der Waals surface area contributed by atoms with Gasteiger partial charge >= 0.3 is 0 Å². The second kappa shape index (κ2) is 9.34. The first-order chi connectivity index (χ1) is 16.8. The van der Waals surface area contributed by atoms with Gasteiger partial charge in [0.25, 0.3) is 12.3 Å². The Morgan fingerprint density at radius 2 is 2.14 bits per heavy atom. The lowest BCUT2D eigenvalue weighted by molar-refractivity contribution is 0.0937. The number of hydrazone groups is 1. The summed E-state index contributed by atoms with van der Waals surface area (Å²) in [4.78, 5) is 20.9. The lowest BCUT2D eigenvalue weighted by atomic mass is 10.1. The molecule has 1 aromatic carbocycles. The zero-order chi connectivity index (χ0) is 24.7. The number of pyridine rings is 1. The summed E-state index contributed by atoms with van der Waals surface area (Å²) in [6.07, 6.45) is 1.15. The Morgan fingerprint density at radius 3 is 2.91 bits per heavy atom. The van der Waals surface area contributed by atoms with Gasteiger partial charge in [-0.1, -0.05) is 28.4 Å². The number of amides is 1. The molecule has 1 fully saturated rings. The molecule has 0 saturated carbocycles. The predicted octanol–water partition coefficient (Wildman–Crippen LogP) is 3.41. The molecule has 2 aromatic heterocycles. The van der Waals surface area contributed by atoms with E-state index in [2.05, 4.69) is 20.6 Å². The van der Waals surface area contributed by atoms with Gasteiger partial charge in [0, 0.05) is 31.0 Å². The van der Waals surface area contributed by atoms with Crippen LogP contribution in [0.4, 0.5) is 26.1 Å². The number of nitrogens with two attached hydrogens (primary N) is 1. The van der Waals surface area contributed by atoms with Crippen molar-refractivity contribution in [1.29, 1.82) is 0 Å². The molecule has 0 spiro atoms. The van der Waals surface area contributed by atoms with E-state index in [0.717, 1.165) is 0 Å². The van der Waals surface area contributed by atoms with Crippen molar-refractivity contribution in [3.8, 4) is 0 Å². The topological polar surface area (TPSA) is 116 Å². The summed E-state index contributed by atoms with van der Waals surface area (Å²) in [6.45, 7) is 0.842. The number of alkyl halides is 2. The van der Waals surface area contributed by atoms with E-state index in [4.69, 9.17) is 33.5 Å². The van der Waals surface area contributed by atoms with Gasteiger partial charge in [-0.15, -0.1) is 0 Å². The number of rotatable bonds is 6. The molecule has 4 heterocycles. The maximum absolute atomic E-state index is 12.9. The monoisotopic (exact) mass is 524 g/mol. The second-order valence-corrected chi connectivity index (χ2v) is 9.01. The number of hydrogen-bond acceptors (Lipinski definition) is 9. The molecule has 2 aliphatic heterocycles. The average Bonchev–Trinajstić information content (AvgIpc) is 3.55. The van der Waals surface area contributed by atoms with Gasteiger partial charge in [-0.2, -0.15) is 5.10 Å². The summed E-state index contributed by atoms with van der Waals surface area (Å²) in [6, 6.07) is 4.75. The fraction of sp³-hybridized carbons (Fsp3) is 0.333. The minimum atomic E-state index is -2.48. The van der Waals surface area contributed by atoms with Gasteiger partial charge in [-0.05, 0) is 24.6 Å². The molecule has 5 rings (SSSR count). The van der Waals surface area contributed by atoms with Crippen LogP contribution in [0, 0.1) is 0 Å². The van der Waals surface area contributed by atoms with Crippen LogP contribution in [0.25, 0.3) is 11.0 Å². The molecule has 3 N–H and O–H groups in total. The van der Waals surface area contributed by atoms with Crippen LogP contribution in [0.5, 0.6) is 0 Å². The summed E-state index contributed by atoms with van der Waals surface area (Å²) >= 11 is 12.6. The lowest BCUT2D eigenvalue weighted by Gasteiger charge is -2.20. The number of halogens is 4. The highest BCUT2D eigenvalue weighted by Gasteiger charge is 2.29. The van der Waals surface area contributed by atoms with Crippen molar-refractivity contribution >= 4 is 63.7 Å². The Labute approximate surface area is 208 Å². The van der Waals surface area contributed by atoms with E-state index in [1.807, 2.05) is 4.90 Å². The van der Waals surface area contributed by atoms with Gasteiger partial charge in [0.05, 0.1) is 27.5 Å². The maximum atomic E-state index is 12.9. The third kappa shape index (κ3) is 4.63. The lowest BCUT2D eigenvalue weighted by Crippen LogP contribution is -2.37. The van der Waals surface area contributed by atoms with Crippen LogP contribution < -0.4 is 20.9 Å². The summed E-state index contributed by atoms with van der Waals surface area (Å²) < 4.78 is 30.5. The van der Waals surface area contributed by atoms with E-state index >= 15 is 0 Å². The molecule has 2 aliphatic rings. The minimum absolute atomic E-state index is 0.153. The van der Waals surface area contributed by atoms with Crippen molar-refractivity contribution in [2.75, 3.05) is 41.8 Å². The standard InChI is InChI=1S/C21H20Cl2F2N8O2/c22-14-5-12(32-9-28-33(10-32)8-16(24)25)1-2-13(14)21(34)29-11-3-4-31(7-11)20-18-17(15(23)6-27-20)19(26)30-35-18/h1-2,5-6,9,11,16H,3-4,7-8,10H2,(H2,26,30)(H,29,34). The Kier molecular flexibility index (Phi) is 6.24. The average molecular weight is 525 g/mol. The third-order valence-electron chi connectivity index (χ3n) is 5.83. The van der Waals surface area contributed by atoms with Crippen LogP contribution in [0.1, 0.15) is 16.8 Å². The zero-order valence-corrected chi connectivity index (χ0v) is 19.7. The molecular weight excluding hydrogens is 505 g/mol. The zero-order valence-electron chi connectivity index (χ0n) is 18.2. The van der Waals surface area contributed by atoms with Gasteiger partial charge in [-0.25, -0.2) is 13.8 Å². The van der Waals surface area contributed by atoms with E-state index in [9.17, 15) is 13.6 Å². The van der Waals surface area contributed by atoms with Crippen LogP contribution in [-0.4, -0.2) is 66.2 Å². The summed E-state index contributed by atoms with van der Waals surface area (Å²) in [7, 11) is 0. The molecule has 10 nitrogen and oxygen atoms in total. The first kappa shape index (κ1) is 23.4. The number of benzene rings is 1. The van der Waals surface area contributed by atoms with E-state index in [0.29, 0.717) is 52.6 Å². The molecule has 0 radical (unpaired) electrons. The molecule has 14 heteroatoms. The number of fused-ring (bicyclic) bond motifs is 1. The summed E-state index contributed by atoms with van der Waals surface area (Å²) in [5, 5.41) is 13.1. The predicted molar refractivity (Wildman–Crippen MR) is 129 cm³/mol. The maximum Gasteiger partial charge on any atom is 0.257 e. The number of carbonyl (C=O) groups excluding carboxylic acids is 1. The van der Waals surface area contributed by atoms with Gasteiger partial charge in [0.2, 0.25) is 5.58 Å². The molecule has 3 aromatic rings. The Hall–Kier alpha value is -3.38. The van der Waals surface area contributed by atoms with Gasteiger partial charge in [0.15, 0.2) is 11.6 Å². The largest absolute Gasteiger partial charge is 0.380 e. The van der Waals surface area contributed by atoms with Crippen molar-refractivity contribution < 1.29 is 18.1 Å². The number of nitrogen functional groups attached to an aromatic ring is 1. The summed E-state index contributed by atoms with van der Waals surface area (Å²) in [5.41, 5.74) is 7.20. The number of aromatic nitrogens is 2. The van der Waals surface area contributed by atoms with Gasteiger partial charge in [0.1, 0.15) is 13.0 Å². The van der Waals surface area contributed by atoms with Crippen LogP contribution in [0.3, 0.4) is 0 Å². The van der Waals surface area contributed by atoms with Crippen molar-refractivity contribution in [2.24, 2.45) is 5.10 Å². The quantitative estimate of drug-likeness (QED) is 0.503. The van der Waals surface area contributed by atoms with Crippen LogP contribution in [0.2, 0.25) is 10.0 Å². The Bertz CT molecular complexity index is 1300. The fourth-order valence-electron chi connectivity index (χ4n) is 4.15. The smallest absolute Gasteiger partial charge is 0.257 e. The Morgan fingerprint density at radius 1 is 1.31 bits per heavy atom. The molecule has 35 heavy (non-hydrogen) atoms. The normalized spacial score (nSPS) is 17.9. The number of carbonyl (C=O) groups is 1. The molecule has 1 atom stereocenters. The van der Waals surface area contributed by atoms with Crippen molar-refractivity contribution in [3.05, 3.63) is 40.0 Å². The Balaban J connectivity index is 1.23. The molecule has 0 aliphatic carbocycles. The van der Waals surface area contributed by atoms with E-state index in [-0.39, 0.29) is 29.5 Å². The SMILES string of the molecule is Nc1noc2c(N3CCC(NC(=O)c4ccc(N5C=NN(CC(F)F)C5)cc4Cl)C3)ncc(Cl)c12. The molecule has 184 valence electrons. The first-order valence-electron chi connectivity index (χ1n) is 10.7. The number of hydrogen-bond donors (Lipinski definition) is 2. The van der Waals surface area contributed by atoms with E-state index < -0.39 is 13.0 Å². The first-order valence-corrected chi connectivity index (χ1v) is 11.4. The van der Waals surface area contributed by atoms with Gasteiger partial charge < -0.3 is 25.4 Å². The molecular formula is C21H20Cl2F2N8O2. The summed E-state index contributed by atoms with van der Waals surface area (Å²) in [5.74, 6) is 0.430. The van der Waals surface area contributed by atoms with Crippen molar-refractivity contribution in [2.45, 2.75) is 18.9 Å². The molecule has 0 bridgehead atoms. The van der Waals surface area contributed by atoms with E-state index in [1.165, 1.54) is 17.5 Å². The van der Waals surface area contributed by atoms with Crippen molar-refractivity contribution in [3.63, 3.8) is 0 Å². The van der Waals surface area contributed by atoms with Gasteiger partial charge in [-0.3, -0.25) is 9.80 Å².